The fourth-order valence-electron chi connectivity index (χ4n) is 2.75. The number of carbonyl (C=O) groups excluding carboxylic acids is 1. The summed E-state index contributed by atoms with van der Waals surface area (Å²) in [5.41, 5.74) is 3.62. The Morgan fingerprint density at radius 1 is 1.21 bits per heavy atom. The summed E-state index contributed by atoms with van der Waals surface area (Å²) in [5.74, 6) is -0.267. The molecule has 29 heavy (non-hydrogen) atoms. The van der Waals surface area contributed by atoms with E-state index < -0.39 is 15.3 Å². The molecule has 3 N–H and O–H groups in total. The number of benzene rings is 2. The smallest absolute Gasteiger partial charge is 0.238 e. The van der Waals surface area contributed by atoms with Crippen LogP contribution in [0.25, 0.3) is 5.69 Å². The van der Waals surface area contributed by atoms with Crippen LogP contribution in [-0.2, 0) is 14.8 Å². The molecule has 1 aromatic heterocycles. The van der Waals surface area contributed by atoms with Gasteiger partial charge in [0, 0.05) is 18.1 Å². The van der Waals surface area contributed by atoms with E-state index >= 15 is 0 Å². The van der Waals surface area contributed by atoms with Crippen molar-refractivity contribution >= 4 is 33.4 Å². The maximum absolute atomic E-state index is 12.6. The van der Waals surface area contributed by atoms with Crippen molar-refractivity contribution in [3.8, 4) is 5.69 Å². The van der Waals surface area contributed by atoms with E-state index in [2.05, 4.69) is 16.4 Å². The van der Waals surface area contributed by atoms with Crippen LogP contribution in [0.15, 0.2) is 64.9 Å². The van der Waals surface area contributed by atoms with Gasteiger partial charge in [0.25, 0.3) is 0 Å². The molecule has 0 spiro atoms. The second kappa shape index (κ2) is 8.40. The first-order valence-electron chi connectivity index (χ1n) is 8.86. The molecule has 9 heteroatoms. The van der Waals surface area contributed by atoms with Gasteiger partial charge in [0.05, 0.1) is 15.8 Å². The van der Waals surface area contributed by atoms with Crippen molar-refractivity contribution in [1.82, 2.24) is 9.55 Å². The molecular weight excluding hydrogens is 408 g/mol. The van der Waals surface area contributed by atoms with E-state index in [9.17, 15) is 13.2 Å². The molecule has 0 aliphatic carbocycles. The zero-order chi connectivity index (χ0) is 21.2. The Hall–Kier alpha value is -2.62. The van der Waals surface area contributed by atoms with Crippen molar-refractivity contribution in [3.63, 3.8) is 0 Å². The van der Waals surface area contributed by atoms with Crippen LogP contribution in [0.3, 0.4) is 0 Å². The zero-order valence-electron chi connectivity index (χ0n) is 16.3. The summed E-state index contributed by atoms with van der Waals surface area (Å²) in [7, 11) is -3.84. The highest BCUT2D eigenvalue weighted by molar-refractivity contribution is 8.00. The maximum atomic E-state index is 12.6. The summed E-state index contributed by atoms with van der Waals surface area (Å²) < 4.78 is 24.9. The number of nitrogens with zero attached hydrogens (tertiary/aromatic N) is 2. The van der Waals surface area contributed by atoms with Crippen LogP contribution >= 0.6 is 11.8 Å². The summed E-state index contributed by atoms with van der Waals surface area (Å²) in [6.45, 7) is 5.82. The van der Waals surface area contributed by atoms with Crippen LogP contribution < -0.4 is 10.5 Å². The topological polar surface area (TPSA) is 107 Å². The molecule has 0 aliphatic rings. The summed E-state index contributed by atoms with van der Waals surface area (Å²) in [6.07, 6.45) is 3.56. The summed E-state index contributed by atoms with van der Waals surface area (Å²) in [4.78, 5) is 17.0. The number of hydrogen-bond donors (Lipinski definition) is 2. The highest BCUT2D eigenvalue weighted by atomic mass is 32.2. The third-order valence-corrected chi connectivity index (χ3v) is 6.30. The SMILES string of the molecule is Cc1ccc(C)c(-n2ccnc2SC(C)C(=O)Nc2cccc(S(N)(=O)=O)c2)c1. The van der Waals surface area contributed by atoms with Gasteiger partial charge in [-0.3, -0.25) is 9.36 Å². The highest BCUT2D eigenvalue weighted by Crippen LogP contribution is 2.27. The van der Waals surface area contributed by atoms with Crippen LogP contribution in [0.1, 0.15) is 18.1 Å². The monoisotopic (exact) mass is 430 g/mol. The Morgan fingerprint density at radius 3 is 2.69 bits per heavy atom. The molecule has 0 radical (unpaired) electrons. The average Bonchev–Trinajstić information content (AvgIpc) is 3.11. The minimum absolute atomic E-state index is 0.0546. The molecule has 0 fully saturated rings. The first-order valence-corrected chi connectivity index (χ1v) is 11.3. The lowest BCUT2D eigenvalue weighted by molar-refractivity contribution is -0.115. The lowest BCUT2D eigenvalue weighted by Gasteiger charge is -2.15. The number of thioether (sulfide) groups is 1. The lowest BCUT2D eigenvalue weighted by Crippen LogP contribution is -2.23. The van der Waals surface area contributed by atoms with E-state index in [-0.39, 0.29) is 10.8 Å². The molecule has 1 amide bonds. The number of imidazole rings is 1. The third-order valence-electron chi connectivity index (χ3n) is 4.31. The van der Waals surface area contributed by atoms with Gasteiger partial charge in [0.1, 0.15) is 0 Å². The fourth-order valence-corrected chi connectivity index (χ4v) is 4.18. The third kappa shape index (κ3) is 5.06. The Balaban J connectivity index is 1.76. The number of carbonyl (C=O) groups is 1. The summed E-state index contributed by atoms with van der Waals surface area (Å²) in [5, 5.41) is 8.11. The number of sulfonamides is 1. The van der Waals surface area contributed by atoms with Gasteiger partial charge in [0.15, 0.2) is 5.16 Å². The Labute approximate surface area is 174 Å². The standard InChI is InChI=1S/C20H22N4O3S2/c1-13-7-8-14(2)18(11-13)24-10-9-22-20(24)28-15(3)19(25)23-16-5-4-6-17(12-16)29(21,26)27/h4-12,15H,1-3H3,(H,23,25)(H2,21,26,27). The molecule has 7 nitrogen and oxygen atoms in total. The van der Waals surface area contributed by atoms with Crippen molar-refractivity contribution in [2.45, 2.75) is 36.1 Å². The van der Waals surface area contributed by atoms with Gasteiger partial charge in [0.2, 0.25) is 15.9 Å². The molecule has 1 heterocycles. The molecule has 3 aromatic rings. The van der Waals surface area contributed by atoms with Crippen molar-refractivity contribution < 1.29 is 13.2 Å². The van der Waals surface area contributed by atoms with E-state index in [4.69, 9.17) is 5.14 Å². The van der Waals surface area contributed by atoms with E-state index in [1.54, 1.807) is 19.2 Å². The number of nitrogens with two attached hydrogens (primary N) is 1. The second-order valence-electron chi connectivity index (χ2n) is 6.69. The number of aryl methyl sites for hydroxylation is 2. The Kier molecular flexibility index (Phi) is 6.11. The number of primary sulfonamides is 1. The van der Waals surface area contributed by atoms with Crippen molar-refractivity contribution in [2.24, 2.45) is 5.14 Å². The molecule has 3 rings (SSSR count). The van der Waals surface area contributed by atoms with E-state index in [0.29, 0.717) is 10.8 Å². The number of nitrogens with one attached hydrogen (secondary N) is 1. The van der Waals surface area contributed by atoms with Crippen LogP contribution in [0.2, 0.25) is 0 Å². The van der Waals surface area contributed by atoms with Crippen molar-refractivity contribution in [3.05, 3.63) is 66.0 Å². The molecule has 0 bridgehead atoms. The molecule has 0 saturated carbocycles. The molecule has 0 aliphatic heterocycles. The van der Waals surface area contributed by atoms with Gasteiger partial charge in [-0.25, -0.2) is 18.5 Å². The minimum Gasteiger partial charge on any atom is -0.325 e. The first-order chi connectivity index (χ1) is 13.6. The quantitative estimate of drug-likeness (QED) is 0.584. The molecule has 152 valence electrons. The molecule has 1 atom stereocenters. The molecule has 0 saturated heterocycles. The normalized spacial score (nSPS) is 12.6. The largest absolute Gasteiger partial charge is 0.325 e. The summed E-state index contributed by atoms with van der Waals surface area (Å²) >= 11 is 1.32. The number of rotatable bonds is 6. The lowest BCUT2D eigenvalue weighted by atomic mass is 10.1. The Bertz CT molecular complexity index is 1160. The van der Waals surface area contributed by atoms with Crippen molar-refractivity contribution in [1.29, 1.82) is 0 Å². The van der Waals surface area contributed by atoms with Crippen LogP contribution in [-0.4, -0.2) is 29.1 Å². The van der Waals surface area contributed by atoms with Gasteiger partial charge in [-0.15, -0.1) is 0 Å². The van der Waals surface area contributed by atoms with Crippen LogP contribution in [0, 0.1) is 13.8 Å². The second-order valence-corrected chi connectivity index (χ2v) is 9.56. The number of amides is 1. The van der Waals surface area contributed by atoms with Gasteiger partial charge in [-0.1, -0.05) is 30.0 Å². The minimum atomic E-state index is -3.84. The van der Waals surface area contributed by atoms with E-state index in [0.717, 1.165) is 16.8 Å². The van der Waals surface area contributed by atoms with Gasteiger partial charge >= 0.3 is 0 Å². The first kappa shape index (κ1) is 21.1. The van der Waals surface area contributed by atoms with Gasteiger partial charge in [-0.2, -0.15) is 0 Å². The Morgan fingerprint density at radius 2 is 1.97 bits per heavy atom. The molecule has 1 unspecified atom stereocenters. The summed E-state index contributed by atoms with van der Waals surface area (Å²) in [6, 6.07) is 12.0. The predicted octanol–water partition coefficient (Wildman–Crippen LogP) is 3.26. The number of hydrogen-bond acceptors (Lipinski definition) is 5. The highest BCUT2D eigenvalue weighted by Gasteiger charge is 2.19. The molecular formula is C20H22N4O3S2. The van der Waals surface area contributed by atoms with Crippen molar-refractivity contribution in [2.75, 3.05) is 5.32 Å². The van der Waals surface area contributed by atoms with Gasteiger partial charge < -0.3 is 5.32 Å². The predicted molar refractivity (Wildman–Crippen MR) is 115 cm³/mol. The van der Waals surface area contributed by atoms with Crippen LogP contribution in [0.5, 0.6) is 0 Å². The van der Waals surface area contributed by atoms with Gasteiger partial charge in [-0.05, 0) is 56.2 Å². The van der Waals surface area contributed by atoms with E-state index in [1.807, 2.05) is 36.7 Å². The average molecular weight is 431 g/mol. The maximum Gasteiger partial charge on any atom is 0.238 e. The number of aromatic nitrogens is 2. The van der Waals surface area contributed by atoms with E-state index in [1.165, 1.54) is 30.0 Å². The van der Waals surface area contributed by atoms with Crippen LogP contribution in [0.4, 0.5) is 5.69 Å². The fraction of sp³-hybridized carbons (Fsp3) is 0.200. The number of anilines is 1. The molecule has 2 aromatic carbocycles. The zero-order valence-corrected chi connectivity index (χ0v) is 17.9.